The van der Waals surface area contributed by atoms with E-state index < -0.39 is 0 Å². The first-order chi connectivity index (χ1) is 13.7. The van der Waals surface area contributed by atoms with Crippen molar-refractivity contribution < 1.29 is 14.3 Å². The summed E-state index contributed by atoms with van der Waals surface area (Å²) < 4.78 is 10.7. The Balaban J connectivity index is 1.31. The van der Waals surface area contributed by atoms with Crippen LogP contribution in [0.25, 0.3) is 11.3 Å². The van der Waals surface area contributed by atoms with Crippen molar-refractivity contribution in [3.8, 4) is 17.0 Å². The number of benzene rings is 1. The summed E-state index contributed by atoms with van der Waals surface area (Å²) in [4.78, 5) is 17.8. The van der Waals surface area contributed by atoms with Crippen molar-refractivity contribution in [1.29, 1.82) is 0 Å². The molecule has 0 bridgehead atoms. The molecular weight excluding hydrogens is 374 g/mol. The van der Waals surface area contributed by atoms with E-state index in [1.54, 1.807) is 18.4 Å². The lowest BCUT2D eigenvalue weighted by Crippen LogP contribution is -2.40. The van der Waals surface area contributed by atoms with E-state index in [-0.39, 0.29) is 18.6 Å². The first-order valence-electron chi connectivity index (χ1n) is 9.97. The molecule has 0 atom stereocenters. The van der Waals surface area contributed by atoms with Gasteiger partial charge >= 0.3 is 0 Å². The molecule has 2 aliphatic rings. The number of fused-ring (bicyclic) bond motifs is 3. The van der Waals surface area contributed by atoms with Crippen molar-refractivity contribution >= 4 is 22.4 Å². The molecule has 1 amide bonds. The lowest BCUT2D eigenvalue weighted by atomic mass is 9.86. The molecule has 1 aromatic heterocycles. The van der Waals surface area contributed by atoms with Crippen LogP contribution in [0, 0.1) is 5.92 Å². The van der Waals surface area contributed by atoms with Crippen molar-refractivity contribution in [3.63, 3.8) is 0 Å². The number of nitrogens with one attached hydrogen (secondary N) is 2. The van der Waals surface area contributed by atoms with E-state index in [1.165, 1.54) is 4.88 Å². The summed E-state index contributed by atoms with van der Waals surface area (Å²) in [7, 11) is 1.55. The molecule has 1 aliphatic heterocycles. The fourth-order valence-corrected chi connectivity index (χ4v) is 4.96. The van der Waals surface area contributed by atoms with Gasteiger partial charge in [-0.1, -0.05) is 12.1 Å². The highest BCUT2D eigenvalue weighted by Gasteiger charge is 2.24. The van der Waals surface area contributed by atoms with Crippen molar-refractivity contribution in [2.24, 2.45) is 5.92 Å². The predicted octanol–water partition coefficient (Wildman–Crippen LogP) is 3.48. The van der Waals surface area contributed by atoms with Gasteiger partial charge in [0.2, 0.25) is 5.91 Å². The van der Waals surface area contributed by atoms with Crippen LogP contribution in [-0.4, -0.2) is 43.8 Å². The number of nitrogens with zero attached hydrogens (tertiary/aromatic N) is 1. The molecule has 0 unspecified atom stereocenters. The summed E-state index contributed by atoms with van der Waals surface area (Å²) in [5.41, 5.74) is 2.15. The Morgan fingerprint density at radius 2 is 2.11 bits per heavy atom. The number of hydrogen-bond donors (Lipinski definition) is 2. The minimum atomic E-state index is -0.0161. The topological polar surface area (TPSA) is 72.5 Å². The first-order valence-corrected chi connectivity index (χ1v) is 10.8. The van der Waals surface area contributed by atoms with Crippen molar-refractivity contribution in [2.75, 3.05) is 32.2 Å². The van der Waals surface area contributed by atoms with Gasteiger partial charge in [-0.3, -0.25) is 4.79 Å². The molecule has 0 saturated heterocycles. The maximum Gasteiger partial charge on any atom is 0.246 e. The van der Waals surface area contributed by atoms with E-state index in [9.17, 15) is 4.79 Å². The Morgan fingerprint density at radius 1 is 1.29 bits per heavy atom. The van der Waals surface area contributed by atoms with Gasteiger partial charge < -0.3 is 20.1 Å². The Labute approximate surface area is 169 Å². The molecule has 1 fully saturated rings. The van der Waals surface area contributed by atoms with Crippen molar-refractivity contribution in [2.45, 2.75) is 38.1 Å². The largest absolute Gasteiger partial charge is 0.493 e. The molecular formula is C21H27N3O3S. The number of carbonyl (C=O) groups is 1. The second-order valence-electron chi connectivity index (χ2n) is 7.48. The molecule has 150 valence electrons. The van der Waals surface area contributed by atoms with Gasteiger partial charge in [-0.25, -0.2) is 4.98 Å². The molecule has 4 rings (SSSR count). The fraction of sp³-hybridized carbons (Fsp3) is 0.524. The molecule has 6 nitrogen and oxygen atoms in total. The van der Waals surface area contributed by atoms with E-state index in [1.807, 2.05) is 18.2 Å². The number of carbonyl (C=O) groups excluding carboxylic acids is 1. The van der Waals surface area contributed by atoms with Gasteiger partial charge in [0.15, 0.2) is 5.13 Å². The SMILES string of the molecule is COCC(=O)NC1CCC(CNc2nc3c(s2)CCOc2ccccc2-3)CC1. The quantitative estimate of drug-likeness (QED) is 0.775. The first kappa shape index (κ1) is 19.2. The molecule has 1 aliphatic carbocycles. The van der Waals surface area contributed by atoms with Gasteiger partial charge in [0.1, 0.15) is 12.4 Å². The summed E-state index contributed by atoms with van der Waals surface area (Å²) >= 11 is 1.74. The van der Waals surface area contributed by atoms with E-state index >= 15 is 0 Å². The summed E-state index contributed by atoms with van der Waals surface area (Å²) in [6, 6.07) is 8.42. The number of methoxy groups -OCH3 is 1. The molecule has 2 aromatic rings. The van der Waals surface area contributed by atoms with Crippen LogP contribution in [0.5, 0.6) is 5.75 Å². The van der Waals surface area contributed by atoms with E-state index in [2.05, 4.69) is 16.7 Å². The number of ether oxygens (including phenoxy) is 2. The van der Waals surface area contributed by atoms with Crippen molar-refractivity contribution in [3.05, 3.63) is 29.1 Å². The average Bonchev–Trinajstić information content (AvgIpc) is 3.03. The highest BCUT2D eigenvalue weighted by atomic mass is 32.1. The van der Waals surface area contributed by atoms with Crippen LogP contribution in [0.4, 0.5) is 5.13 Å². The number of para-hydroxylation sites is 1. The Hall–Kier alpha value is -2.12. The van der Waals surface area contributed by atoms with Gasteiger partial charge in [0.05, 0.1) is 12.3 Å². The van der Waals surface area contributed by atoms with Crippen LogP contribution in [-0.2, 0) is 16.0 Å². The number of anilines is 1. The van der Waals surface area contributed by atoms with Gasteiger partial charge in [-0.2, -0.15) is 0 Å². The van der Waals surface area contributed by atoms with Crippen LogP contribution >= 0.6 is 11.3 Å². The van der Waals surface area contributed by atoms with Gasteiger partial charge in [-0.15, -0.1) is 11.3 Å². The highest BCUT2D eigenvalue weighted by Crippen LogP contribution is 2.39. The summed E-state index contributed by atoms with van der Waals surface area (Å²) in [6.07, 6.45) is 5.19. The lowest BCUT2D eigenvalue weighted by Gasteiger charge is -2.29. The maximum atomic E-state index is 11.6. The van der Waals surface area contributed by atoms with Crippen LogP contribution in [0.3, 0.4) is 0 Å². The number of rotatable bonds is 6. The molecule has 2 N–H and O–H groups in total. The van der Waals surface area contributed by atoms with Crippen molar-refractivity contribution in [1.82, 2.24) is 10.3 Å². The van der Waals surface area contributed by atoms with Crippen LogP contribution in [0.15, 0.2) is 24.3 Å². The smallest absolute Gasteiger partial charge is 0.246 e. The van der Waals surface area contributed by atoms with Gasteiger partial charge in [-0.05, 0) is 43.7 Å². The summed E-state index contributed by atoms with van der Waals surface area (Å²) in [5, 5.41) is 7.61. The monoisotopic (exact) mass is 401 g/mol. The normalized spacial score (nSPS) is 21.0. The minimum Gasteiger partial charge on any atom is -0.493 e. The van der Waals surface area contributed by atoms with Crippen LogP contribution in [0.2, 0.25) is 0 Å². The zero-order valence-electron chi connectivity index (χ0n) is 16.2. The predicted molar refractivity (Wildman–Crippen MR) is 111 cm³/mol. The molecule has 1 saturated carbocycles. The van der Waals surface area contributed by atoms with Gasteiger partial charge in [0.25, 0.3) is 0 Å². The summed E-state index contributed by atoms with van der Waals surface area (Å²) in [6.45, 7) is 1.78. The number of hydrogen-bond acceptors (Lipinski definition) is 6. The molecule has 28 heavy (non-hydrogen) atoms. The average molecular weight is 402 g/mol. The van der Waals surface area contributed by atoms with E-state index in [4.69, 9.17) is 14.5 Å². The third kappa shape index (κ3) is 4.47. The third-order valence-electron chi connectivity index (χ3n) is 5.46. The summed E-state index contributed by atoms with van der Waals surface area (Å²) in [5.74, 6) is 1.53. The third-order valence-corrected chi connectivity index (χ3v) is 6.53. The van der Waals surface area contributed by atoms with Crippen LogP contribution in [0.1, 0.15) is 30.6 Å². The zero-order chi connectivity index (χ0) is 19.3. The fourth-order valence-electron chi connectivity index (χ4n) is 3.99. The highest BCUT2D eigenvalue weighted by molar-refractivity contribution is 7.16. The molecule has 7 heteroatoms. The molecule has 0 spiro atoms. The minimum absolute atomic E-state index is 0.0161. The Bertz CT molecular complexity index is 815. The molecule has 1 aromatic carbocycles. The molecule has 2 heterocycles. The number of thiazole rings is 1. The standard InChI is InChI=1S/C21H27N3O3S/c1-26-13-19(25)23-15-8-6-14(7-9-15)12-22-21-24-20-16-4-2-3-5-17(16)27-11-10-18(20)28-21/h2-5,14-15H,6-13H2,1H3,(H,22,24)(H,23,25). The van der Waals surface area contributed by atoms with E-state index in [0.29, 0.717) is 12.5 Å². The zero-order valence-corrected chi connectivity index (χ0v) is 17.0. The Morgan fingerprint density at radius 3 is 2.93 bits per heavy atom. The second kappa shape index (κ2) is 8.92. The lowest BCUT2D eigenvalue weighted by molar-refractivity contribution is -0.125. The van der Waals surface area contributed by atoms with Gasteiger partial charge in [0, 0.05) is 36.6 Å². The maximum absolute atomic E-state index is 11.6. The molecule has 0 radical (unpaired) electrons. The van der Waals surface area contributed by atoms with Crippen LogP contribution < -0.4 is 15.4 Å². The second-order valence-corrected chi connectivity index (χ2v) is 8.57. The number of amides is 1. The Kier molecular flexibility index (Phi) is 6.12. The number of aromatic nitrogens is 1. The van der Waals surface area contributed by atoms with E-state index in [0.717, 1.165) is 60.8 Å².